The smallest absolute Gasteiger partial charge is 0.305 e. The van der Waals surface area contributed by atoms with Crippen LogP contribution >= 0.6 is 0 Å². The van der Waals surface area contributed by atoms with Gasteiger partial charge < -0.3 is 4.98 Å². The minimum absolute atomic E-state index is 0.181. The standard InChI is InChI=1S/C19H14FN5O2/c20-11-3-1-2-10(6-11)15-13(8-21-25-15)14-7-12(9-4-5-9)16-17(22-14)18(26)24-19(27)23-16/h1-3,6-9H,4-5H2,(H,21,25)(H2,23,24,26,27). The van der Waals surface area contributed by atoms with Gasteiger partial charge in [0.05, 0.1) is 23.1 Å². The maximum absolute atomic E-state index is 13.6. The van der Waals surface area contributed by atoms with Crippen LogP contribution in [-0.4, -0.2) is 25.1 Å². The molecular weight excluding hydrogens is 349 g/mol. The van der Waals surface area contributed by atoms with Crippen molar-refractivity contribution in [1.82, 2.24) is 25.1 Å². The van der Waals surface area contributed by atoms with E-state index in [4.69, 9.17) is 0 Å². The lowest BCUT2D eigenvalue weighted by Gasteiger charge is -2.09. The summed E-state index contributed by atoms with van der Waals surface area (Å²) >= 11 is 0. The molecule has 5 rings (SSSR count). The third-order valence-corrected chi connectivity index (χ3v) is 4.78. The molecule has 0 amide bonds. The van der Waals surface area contributed by atoms with E-state index < -0.39 is 11.2 Å². The van der Waals surface area contributed by atoms with Crippen molar-refractivity contribution < 1.29 is 4.39 Å². The van der Waals surface area contributed by atoms with Crippen LogP contribution in [0.25, 0.3) is 33.5 Å². The Morgan fingerprint density at radius 3 is 2.74 bits per heavy atom. The number of benzene rings is 1. The van der Waals surface area contributed by atoms with Crippen LogP contribution in [0.1, 0.15) is 24.3 Å². The first-order valence-electron chi connectivity index (χ1n) is 8.57. The fourth-order valence-electron chi connectivity index (χ4n) is 3.37. The Morgan fingerprint density at radius 2 is 1.96 bits per heavy atom. The summed E-state index contributed by atoms with van der Waals surface area (Å²) in [7, 11) is 0. The highest BCUT2D eigenvalue weighted by Crippen LogP contribution is 2.43. The zero-order chi connectivity index (χ0) is 18.5. The summed E-state index contributed by atoms with van der Waals surface area (Å²) in [6.07, 6.45) is 3.59. The summed E-state index contributed by atoms with van der Waals surface area (Å²) in [5.41, 5.74) is 2.93. The number of aromatic nitrogens is 5. The van der Waals surface area contributed by atoms with Crippen LogP contribution in [0.3, 0.4) is 0 Å². The predicted molar refractivity (Wildman–Crippen MR) is 97.9 cm³/mol. The highest BCUT2D eigenvalue weighted by molar-refractivity contribution is 5.85. The van der Waals surface area contributed by atoms with E-state index in [2.05, 4.69) is 25.1 Å². The van der Waals surface area contributed by atoms with Crippen molar-refractivity contribution in [2.45, 2.75) is 18.8 Å². The van der Waals surface area contributed by atoms with Crippen LogP contribution in [-0.2, 0) is 0 Å². The topological polar surface area (TPSA) is 107 Å². The summed E-state index contributed by atoms with van der Waals surface area (Å²) in [6, 6.07) is 8.05. The van der Waals surface area contributed by atoms with Crippen LogP contribution in [0, 0.1) is 5.82 Å². The highest BCUT2D eigenvalue weighted by atomic mass is 19.1. The molecule has 134 valence electrons. The Labute approximate surface area is 151 Å². The Kier molecular flexibility index (Phi) is 3.33. The summed E-state index contributed by atoms with van der Waals surface area (Å²) in [4.78, 5) is 33.4. The van der Waals surface area contributed by atoms with Crippen LogP contribution in [0.2, 0.25) is 0 Å². The minimum atomic E-state index is -0.548. The zero-order valence-corrected chi connectivity index (χ0v) is 14.0. The quantitative estimate of drug-likeness (QED) is 0.520. The molecule has 0 unspecified atom stereocenters. The second-order valence-electron chi connectivity index (χ2n) is 6.67. The number of aromatic amines is 3. The van der Waals surface area contributed by atoms with Gasteiger partial charge in [-0.2, -0.15) is 5.10 Å². The van der Waals surface area contributed by atoms with E-state index in [1.54, 1.807) is 18.3 Å². The second-order valence-corrected chi connectivity index (χ2v) is 6.67. The lowest BCUT2D eigenvalue weighted by molar-refractivity contribution is 0.628. The number of hydrogen-bond acceptors (Lipinski definition) is 4. The van der Waals surface area contributed by atoms with Crippen molar-refractivity contribution in [2.24, 2.45) is 0 Å². The van der Waals surface area contributed by atoms with Crippen LogP contribution in [0.4, 0.5) is 4.39 Å². The number of pyridine rings is 1. The first-order valence-corrected chi connectivity index (χ1v) is 8.57. The Bertz CT molecular complexity index is 1300. The first-order chi connectivity index (χ1) is 13.1. The van der Waals surface area contributed by atoms with Crippen molar-refractivity contribution in [3.63, 3.8) is 0 Å². The number of nitrogens with zero attached hydrogens (tertiary/aromatic N) is 2. The fourth-order valence-corrected chi connectivity index (χ4v) is 3.37. The number of H-pyrrole nitrogens is 3. The molecule has 1 fully saturated rings. The molecule has 3 N–H and O–H groups in total. The third-order valence-electron chi connectivity index (χ3n) is 4.78. The van der Waals surface area contributed by atoms with Crippen molar-refractivity contribution in [1.29, 1.82) is 0 Å². The van der Waals surface area contributed by atoms with E-state index in [0.29, 0.717) is 28.0 Å². The van der Waals surface area contributed by atoms with E-state index in [1.807, 2.05) is 6.07 Å². The molecule has 1 aliphatic rings. The van der Waals surface area contributed by atoms with Gasteiger partial charge in [0.15, 0.2) is 5.52 Å². The van der Waals surface area contributed by atoms with Gasteiger partial charge in [0.25, 0.3) is 5.56 Å². The molecule has 27 heavy (non-hydrogen) atoms. The number of halogens is 1. The van der Waals surface area contributed by atoms with Gasteiger partial charge in [-0.25, -0.2) is 14.2 Å². The Morgan fingerprint density at radius 1 is 1.11 bits per heavy atom. The molecule has 3 aromatic heterocycles. The van der Waals surface area contributed by atoms with Crippen molar-refractivity contribution >= 4 is 11.0 Å². The lowest BCUT2D eigenvalue weighted by atomic mass is 10.0. The number of nitrogens with one attached hydrogen (secondary N) is 3. The van der Waals surface area contributed by atoms with E-state index in [9.17, 15) is 14.0 Å². The van der Waals surface area contributed by atoms with Gasteiger partial charge in [-0.05, 0) is 42.5 Å². The molecule has 3 heterocycles. The molecule has 8 heteroatoms. The Balaban J connectivity index is 1.77. The van der Waals surface area contributed by atoms with Crippen molar-refractivity contribution in [3.05, 3.63) is 68.7 Å². The maximum Gasteiger partial charge on any atom is 0.326 e. The monoisotopic (exact) mass is 363 g/mol. The second kappa shape index (κ2) is 5.73. The first kappa shape index (κ1) is 15.7. The van der Waals surface area contributed by atoms with Gasteiger partial charge >= 0.3 is 5.69 Å². The van der Waals surface area contributed by atoms with Crippen LogP contribution in [0.15, 0.2) is 46.1 Å². The number of fused-ring (bicyclic) bond motifs is 1. The summed E-state index contributed by atoms with van der Waals surface area (Å²) < 4.78 is 13.6. The van der Waals surface area contributed by atoms with Crippen LogP contribution < -0.4 is 11.2 Å². The van der Waals surface area contributed by atoms with Crippen molar-refractivity contribution in [2.75, 3.05) is 0 Å². The van der Waals surface area contributed by atoms with Crippen molar-refractivity contribution in [3.8, 4) is 22.5 Å². The molecule has 7 nitrogen and oxygen atoms in total. The third kappa shape index (κ3) is 2.66. The fraction of sp³-hybridized carbons (Fsp3) is 0.158. The average Bonchev–Trinajstić information content (AvgIpc) is 3.37. The van der Waals surface area contributed by atoms with Gasteiger partial charge in [-0.1, -0.05) is 12.1 Å². The van der Waals surface area contributed by atoms with Gasteiger partial charge in [0.2, 0.25) is 0 Å². The molecule has 1 saturated carbocycles. The molecule has 0 atom stereocenters. The molecular formula is C19H14FN5O2. The molecule has 0 bridgehead atoms. The SMILES string of the molecule is O=c1[nH]c(=O)c2nc(-c3cn[nH]c3-c3cccc(F)c3)cc(C3CC3)c2[nH]1. The van der Waals surface area contributed by atoms with Crippen LogP contribution in [0.5, 0.6) is 0 Å². The molecule has 0 radical (unpaired) electrons. The lowest BCUT2D eigenvalue weighted by Crippen LogP contribution is -2.23. The number of hydrogen-bond donors (Lipinski definition) is 3. The molecule has 4 aromatic rings. The Hall–Kier alpha value is -3.55. The zero-order valence-electron chi connectivity index (χ0n) is 14.0. The van der Waals surface area contributed by atoms with Gasteiger partial charge in [0.1, 0.15) is 5.82 Å². The summed E-state index contributed by atoms with van der Waals surface area (Å²) in [6.45, 7) is 0. The summed E-state index contributed by atoms with van der Waals surface area (Å²) in [5, 5.41) is 6.96. The highest BCUT2D eigenvalue weighted by Gasteiger charge is 2.28. The van der Waals surface area contributed by atoms with E-state index >= 15 is 0 Å². The van der Waals surface area contributed by atoms with E-state index in [-0.39, 0.29) is 17.3 Å². The normalized spacial score (nSPS) is 14.0. The van der Waals surface area contributed by atoms with E-state index in [1.165, 1.54) is 12.1 Å². The largest absolute Gasteiger partial charge is 0.326 e. The molecule has 0 aliphatic heterocycles. The maximum atomic E-state index is 13.6. The molecule has 0 saturated heterocycles. The molecule has 1 aromatic carbocycles. The number of rotatable bonds is 3. The van der Waals surface area contributed by atoms with Gasteiger partial charge in [-0.3, -0.25) is 14.9 Å². The van der Waals surface area contributed by atoms with Gasteiger partial charge in [-0.15, -0.1) is 0 Å². The average molecular weight is 363 g/mol. The van der Waals surface area contributed by atoms with Gasteiger partial charge in [0, 0.05) is 11.1 Å². The molecule has 0 spiro atoms. The summed E-state index contributed by atoms with van der Waals surface area (Å²) in [5.74, 6) is -0.0663. The molecule has 1 aliphatic carbocycles. The predicted octanol–water partition coefficient (Wildman–Crippen LogP) is 2.69. The van der Waals surface area contributed by atoms with E-state index in [0.717, 1.165) is 18.4 Å². The minimum Gasteiger partial charge on any atom is -0.305 e.